The quantitative estimate of drug-likeness (QED) is 0.856. The summed E-state index contributed by atoms with van der Waals surface area (Å²) in [6, 6.07) is 3.73. The van der Waals surface area contributed by atoms with Gasteiger partial charge in [-0.15, -0.1) is 11.3 Å². The van der Waals surface area contributed by atoms with E-state index in [4.69, 9.17) is 5.73 Å². The Morgan fingerprint density at radius 2 is 2.31 bits per heavy atom. The molecule has 0 saturated heterocycles. The largest absolute Gasteiger partial charge is 0.399 e. The smallest absolute Gasteiger partial charge is 0.128 e. The topological polar surface area (TPSA) is 63.8 Å². The fourth-order valence-electron chi connectivity index (χ4n) is 1.38. The lowest BCUT2D eigenvalue weighted by atomic mass is 10.3. The molecule has 0 aliphatic heterocycles. The monoisotopic (exact) mass is 234 g/mol. The highest BCUT2D eigenvalue weighted by atomic mass is 32.1. The molecular weight excluding hydrogens is 220 g/mol. The summed E-state index contributed by atoms with van der Waals surface area (Å²) < 4.78 is 0. The van der Waals surface area contributed by atoms with Crippen LogP contribution >= 0.6 is 11.3 Å². The zero-order valence-electron chi connectivity index (χ0n) is 9.27. The van der Waals surface area contributed by atoms with Crippen molar-refractivity contribution in [3.05, 3.63) is 34.4 Å². The Labute approximate surface area is 98.6 Å². The SMILES string of the molecule is Cc1csc(C(C)Nc2cc(N)ccn2)n1. The highest BCUT2D eigenvalue weighted by Gasteiger charge is 2.09. The van der Waals surface area contributed by atoms with E-state index in [1.165, 1.54) is 0 Å². The number of rotatable bonds is 3. The van der Waals surface area contributed by atoms with Crippen molar-refractivity contribution in [1.29, 1.82) is 0 Å². The summed E-state index contributed by atoms with van der Waals surface area (Å²) >= 11 is 1.65. The zero-order chi connectivity index (χ0) is 11.5. The van der Waals surface area contributed by atoms with E-state index in [2.05, 4.69) is 22.2 Å². The lowest BCUT2D eigenvalue weighted by Gasteiger charge is -2.11. The van der Waals surface area contributed by atoms with Crippen LogP contribution in [-0.4, -0.2) is 9.97 Å². The van der Waals surface area contributed by atoms with Crippen LogP contribution in [0.4, 0.5) is 11.5 Å². The van der Waals surface area contributed by atoms with Crippen molar-refractivity contribution < 1.29 is 0 Å². The standard InChI is InChI=1S/C11H14N4S/c1-7-6-16-11(14-7)8(2)15-10-5-9(12)3-4-13-10/h3-6,8H,1-2H3,(H3,12,13,15). The van der Waals surface area contributed by atoms with Crippen molar-refractivity contribution in [2.24, 2.45) is 0 Å². The predicted molar refractivity (Wildman–Crippen MR) is 67.5 cm³/mol. The third kappa shape index (κ3) is 2.49. The van der Waals surface area contributed by atoms with Crippen LogP contribution in [0.3, 0.4) is 0 Å². The van der Waals surface area contributed by atoms with Crippen molar-refractivity contribution in [3.8, 4) is 0 Å². The molecule has 0 aromatic carbocycles. The van der Waals surface area contributed by atoms with Gasteiger partial charge >= 0.3 is 0 Å². The van der Waals surface area contributed by atoms with Crippen LogP contribution in [0.1, 0.15) is 23.7 Å². The molecule has 4 nitrogen and oxygen atoms in total. The summed E-state index contributed by atoms with van der Waals surface area (Å²) in [6.45, 7) is 4.05. The third-order valence-electron chi connectivity index (χ3n) is 2.16. The maximum atomic E-state index is 5.68. The van der Waals surface area contributed by atoms with E-state index < -0.39 is 0 Å². The Morgan fingerprint density at radius 3 is 2.94 bits per heavy atom. The zero-order valence-corrected chi connectivity index (χ0v) is 10.1. The fraction of sp³-hybridized carbons (Fsp3) is 0.273. The molecule has 1 unspecified atom stereocenters. The Hall–Kier alpha value is -1.62. The molecule has 16 heavy (non-hydrogen) atoms. The number of anilines is 2. The molecule has 0 bridgehead atoms. The molecule has 2 aromatic heterocycles. The van der Waals surface area contributed by atoms with Crippen LogP contribution in [0, 0.1) is 6.92 Å². The van der Waals surface area contributed by atoms with Crippen LogP contribution in [0.2, 0.25) is 0 Å². The average molecular weight is 234 g/mol. The number of hydrogen-bond acceptors (Lipinski definition) is 5. The van der Waals surface area contributed by atoms with E-state index in [9.17, 15) is 0 Å². The highest BCUT2D eigenvalue weighted by molar-refractivity contribution is 7.09. The maximum Gasteiger partial charge on any atom is 0.128 e. The van der Waals surface area contributed by atoms with E-state index in [0.29, 0.717) is 5.69 Å². The summed E-state index contributed by atoms with van der Waals surface area (Å²) in [7, 11) is 0. The second kappa shape index (κ2) is 4.49. The molecule has 1 atom stereocenters. The first kappa shape index (κ1) is 10.9. The Bertz CT molecular complexity index is 480. The van der Waals surface area contributed by atoms with Gasteiger partial charge in [0.25, 0.3) is 0 Å². The van der Waals surface area contributed by atoms with Gasteiger partial charge in [0, 0.05) is 29.0 Å². The maximum absolute atomic E-state index is 5.68. The number of pyridine rings is 1. The van der Waals surface area contributed by atoms with Crippen LogP contribution in [-0.2, 0) is 0 Å². The van der Waals surface area contributed by atoms with Crippen LogP contribution < -0.4 is 11.1 Å². The molecule has 0 fully saturated rings. The van der Waals surface area contributed by atoms with Crippen LogP contribution in [0.25, 0.3) is 0 Å². The molecule has 0 amide bonds. The van der Waals surface area contributed by atoms with Gasteiger partial charge in [0.2, 0.25) is 0 Å². The number of nitrogens with zero attached hydrogens (tertiary/aromatic N) is 2. The first-order valence-corrected chi connectivity index (χ1v) is 5.93. The molecule has 3 N–H and O–H groups in total. The summed E-state index contributed by atoms with van der Waals surface area (Å²) in [5.74, 6) is 0.778. The second-order valence-electron chi connectivity index (χ2n) is 3.67. The first-order chi connectivity index (χ1) is 7.65. The van der Waals surface area contributed by atoms with E-state index in [1.54, 1.807) is 23.6 Å². The number of aryl methyl sites for hydroxylation is 1. The fourth-order valence-corrected chi connectivity index (χ4v) is 2.18. The molecular formula is C11H14N4S. The molecule has 0 aliphatic carbocycles. The Balaban J connectivity index is 2.10. The van der Waals surface area contributed by atoms with E-state index >= 15 is 0 Å². The van der Waals surface area contributed by atoms with E-state index in [0.717, 1.165) is 16.5 Å². The normalized spacial score (nSPS) is 12.4. The van der Waals surface area contributed by atoms with Crippen molar-refractivity contribution in [2.45, 2.75) is 19.9 Å². The van der Waals surface area contributed by atoms with Crippen molar-refractivity contribution in [2.75, 3.05) is 11.1 Å². The number of nitrogen functional groups attached to an aromatic ring is 1. The summed E-state index contributed by atoms with van der Waals surface area (Å²) in [6.07, 6.45) is 1.69. The van der Waals surface area contributed by atoms with Crippen molar-refractivity contribution in [3.63, 3.8) is 0 Å². The molecule has 0 spiro atoms. The van der Waals surface area contributed by atoms with Crippen molar-refractivity contribution >= 4 is 22.8 Å². The summed E-state index contributed by atoms with van der Waals surface area (Å²) in [5, 5.41) is 6.37. The van der Waals surface area contributed by atoms with Crippen molar-refractivity contribution in [1.82, 2.24) is 9.97 Å². The third-order valence-corrected chi connectivity index (χ3v) is 3.30. The van der Waals surface area contributed by atoms with Crippen LogP contribution in [0.15, 0.2) is 23.7 Å². The van der Waals surface area contributed by atoms with Gasteiger partial charge in [0.05, 0.1) is 6.04 Å². The van der Waals surface area contributed by atoms with Gasteiger partial charge in [-0.3, -0.25) is 0 Å². The Kier molecular flexibility index (Phi) is 3.05. The van der Waals surface area contributed by atoms with Gasteiger partial charge in [-0.1, -0.05) is 0 Å². The highest BCUT2D eigenvalue weighted by Crippen LogP contribution is 2.21. The summed E-state index contributed by atoms with van der Waals surface area (Å²) in [4.78, 5) is 8.62. The number of nitrogens with two attached hydrogens (primary N) is 1. The molecule has 0 aliphatic rings. The molecule has 84 valence electrons. The van der Waals surface area contributed by atoms with Gasteiger partial charge in [-0.25, -0.2) is 9.97 Å². The lowest BCUT2D eigenvalue weighted by molar-refractivity contribution is 0.856. The second-order valence-corrected chi connectivity index (χ2v) is 4.56. The molecule has 0 radical (unpaired) electrons. The average Bonchev–Trinajstić information content (AvgIpc) is 2.65. The van der Waals surface area contributed by atoms with Gasteiger partial charge in [0.1, 0.15) is 10.8 Å². The minimum Gasteiger partial charge on any atom is -0.399 e. The number of thiazole rings is 1. The van der Waals surface area contributed by atoms with Crippen LogP contribution in [0.5, 0.6) is 0 Å². The Morgan fingerprint density at radius 1 is 1.50 bits per heavy atom. The number of aromatic nitrogens is 2. The molecule has 2 aromatic rings. The minimum absolute atomic E-state index is 0.146. The first-order valence-electron chi connectivity index (χ1n) is 5.05. The molecule has 5 heteroatoms. The molecule has 2 rings (SSSR count). The summed E-state index contributed by atoms with van der Waals surface area (Å²) in [5.41, 5.74) is 7.44. The minimum atomic E-state index is 0.146. The lowest BCUT2D eigenvalue weighted by Crippen LogP contribution is -2.07. The predicted octanol–water partition coefficient (Wildman–Crippen LogP) is 2.60. The van der Waals surface area contributed by atoms with E-state index in [1.807, 2.05) is 18.4 Å². The van der Waals surface area contributed by atoms with E-state index in [-0.39, 0.29) is 6.04 Å². The molecule has 2 heterocycles. The number of hydrogen-bond donors (Lipinski definition) is 2. The van der Waals surface area contributed by atoms with Gasteiger partial charge in [0.15, 0.2) is 0 Å². The van der Waals surface area contributed by atoms with Gasteiger partial charge in [-0.05, 0) is 19.9 Å². The molecule has 0 saturated carbocycles. The van der Waals surface area contributed by atoms with Gasteiger partial charge < -0.3 is 11.1 Å². The number of nitrogens with one attached hydrogen (secondary N) is 1. The van der Waals surface area contributed by atoms with Gasteiger partial charge in [-0.2, -0.15) is 0 Å².